The van der Waals surface area contributed by atoms with E-state index in [1.54, 1.807) is 29.2 Å². The molecule has 8 heteroatoms. The van der Waals surface area contributed by atoms with Crippen LogP contribution in [-0.4, -0.2) is 43.0 Å². The van der Waals surface area contributed by atoms with E-state index in [0.29, 0.717) is 30.2 Å². The van der Waals surface area contributed by atoms with E-state index in [1.165, 1.54) is 7.11 Å². The van der Waals surface area contributed by atoms with Crippen molar-refractivity contribution in [3.8, 4) is 0 Å². The molecule has 3 rings (SSSR count). The number of piperidine rings is 1. The Bertz CT molecular complexity index is 905. The Hall–Kier alpha value is -3.06. The summed E-state index contributed by atoms with van der Waals surface area (Å²) in [7, 11) is 1.31. The minimum atomic E-state index is -0.536. The van der Waals surface area contributed by atoms with Crippen molar-refractivity contribution < 1.29 is 19.1 Å². The van der Waals surface area contributed by atoms with Crippen LogP contribution in [0, 0.1) is 5.92 Å². The number of carbonyl (C=O) groups is 3. The van der Waals surface area contributed by atoms with Gasteiger partial charge in [0.1, 0.15) is 0 Å². The van der Waals surface area contributed by atoms with Gasteiger partial charge < -0.3 is 20.3 Å². The van der Waals surface area contributed by atoms with E-state index in [2.05, 4.69) is 10.6 Å². The fourth-order valence-corrected chi connectivity index (χ4v) is 3.71. The molecule has 164 valence electrons. The van der Waals surface area contributed by atoms with Gasteiger partial charge >= 0.3 is 12.0 Å². The van der Waals surface area contributed by atoms with E-state index in [4.69, 9.17) is 16.3 Å². The Morgan fingerprint density at radius 3 is 2.52 bits per heavy atom. The summed E-state index contributed by atoms with van der Waals surface area (Å²) in [5.74, 6) is -0.975. The second-order valence-corrected chi connectivity index (χ2v) is 7.91. The van der Waals surface area contributed by atoms with Crippen LogP contribution in [0.15, 0.2) is 54.6 Å². The van der Waals surface area contributed by atoms with Crippen molar-refractivity contribution in [1.29, 1.82) is 0 Å². The lowest BCUT2D eigenvalue weighted by Gasteiger charge is -2.33. The van der Waals surface area contributed by atoms with Crippen LogP contribution < -0.4 is 10.6 Å². The fourth-order valence-electron chi connectivity index (χ4n) is 3.59. The highest BCUT2D eigenvalue weighted by atomic mass is 35.5. The Kier molecular flexibility index (Phi) is 7.89. The molecular weight excluding hydrogens is 418 g/mol. The number of hydrogen-bond donors (Lipinski definition) is 2. The highest BCUT2D eigenvalue weighted by Crippen LogP contribution is 2.23. The molecule has 1 saturated heterocycles. The van der Waals surface area contributed by atoms with E-state index in [-0.39, 0.29) is 24.3 Å². The molecule has 0 spiro atoms. The maximum absolute atomic E-state index is 13.0. The molecule has 0 bridgehead atoms. The molecule has 0 aliphatic carbocycles. The predicted molar refractivity (Wildman–Crippen MR) is 119 cm³/mol. The monoisotopic (exact) mass is 443 g/mol. The van der Waals surface area contributed by atoms with E-state index in [1.807, 2.05) is 30.3 Å². The zero-order chi connectivity index (χ0) is 22.2. The van der Waals surface area contributed by atoms with Gasteiger partial charge in [-0.05, 0) is 42.7 Å². The van der Waals surface area contributed by atoms with Crippen LogP contribution in [0.1, 0.15) is 30.9 Å². The third kappa shape index (κ3) is 6.46. The van der Waals surface area contributed by atoms with E-state index in [0.717, 1.165) is 12.0 Å². The van der Waals surface area contributed by atoms with Crippen molar-refractivity contribution in [2.24, 2.45) is 5.92 Å². The first kappa shape index (κ1) is 22.6. The number of likely N-dealkylation sites (tertiary alicyclic amines) is 1. The number of anilines is 1. The third-order valence-electron chi connectivity index (χ3n) is 5.29. The van der Waals surface area contributed by atoms with Crippen molar-refractivity contribution >= 4 is 35.2 Å². The number of urea groups is 1. The first-order chi connectivity index (χ1) is 15.0. The largest absolute Gasteiger partial charge is 0.469 e. The van der Waals surface area contributed by atoms with Crippen LogP contribution in [0.25, 0.3) is 0 Å². The first-order valence-corrected chi connectivity index (χ1v) is 10.6. The molecule has 0 radical (unpaired) electrons. The molecule has 3 amide bonds. The highest BCUT2D eigenvalue weighted by molar-refractivity contribution is 6.30. The number of esters is 1. The lowest BCUT2D eigenvalue weighted by molar-refractivity contribution is -0.141. The number of halogens is 1. The average Bonchev–Trinajstić information content (AvgIpc) is 2.79. The Morgan fingerprint density at radius 1 is 1.13 bits per heavy atom. The SMILES string of the molecule is COC(=O)C[C@H](NC(=O)[C@@H]1CCCN(C(=O)Nc2ccccc2)C1)c1ccc(Cl)cc1. The maximum Gasteiger partial charge on any atom is 0.321 e. The number of benzene rings is 2. The first-order valence-electron chi connectivity index (χ1n) is 10.2. The predicted octanol–water partition coefficient (Wildman–Crippen LogP) is 4.00. The molecule has 2 aromatic rings. The molecule has 1 aliphatic heterocycles. The van der Waals surface area contributed by atoms with Gasteiger partial charge in [-0.15, -0.1) is 0 Å². The van der Waals surface area contributed by atoms with Gasteiger partial charge in [-0.3, -0.25) is 9.59 Å². The molecule has 1 aliphatic rings. The van der Waals surface area contributed by atoms with Gasteiger partial charge in [0.2, 0.25) is 5.91 Å². The molecule has 0 aromatic heterocycles. The van der Waals surface area contributed by atoms with Crippen LogP contribution in [0.3, 0.4) is 0 Å². The number of ether oxygens (including phenoxy) is 1. The van der Waals surface area contributed by atoms with Gasteiger partial charge in [0, 0.05) is 23.8 Å². The maximum atomic E-state index is 13.0. The number of carbonyl (C=O) groups excluding carboxylic acids is 3. The topological polar surface area (TPSA) is 87.7 Å². The van der Waals surface area contributed by atoms with Gasteiger partial charge in [0.25, 0.3) is 0 Å². The summed E-state index contributed by atoms with van der Waals surface area (Å²) in [4.78, 5) is 39.1. The van der Waals surface area contributed by atoms with Crippen LogP contribution in [0.5, 0.6) is 0 Å². The molecule has 2 aromatic carbocycles. The van der Waals surface area contributed by atoms with Gasteiger partial charge in [-0.25, -0.2) is 4.79 Å². The zero-order valence-corrected chi connectivity index (χ0v) is 18.1. The molecule has 0 unspecified atom stereocenters. The summed E-state index contributed by atoms with van der Waals surface area (Å²) in [5.41, 5.74) is 1.47. The number of nitrogens with zero attached hydrogens (tertiary/aromatic N) is 1. The van der Waals surface area contributed by atoms with E-state index < -0.39 is 12.0 Å². The molecule has 1 fully saturated rings. The van der Waals surface area contributed by atoms with Crippen molar-refractivity contribution in [3.63, 3.8) is 0 Å². The molecule has 2 atom stereocenters. The van der Waals surface area contributed by atoms with Crippen LogP contribution >= 0.6 is 11.6 Å². The van der Waals surface area contributed by atoms with Gasteiger partial charge in [-0.2, -0.15) is 0 Å². The van der Waals surface area contributed by atoms with E-state index in [9.17, 15) is 14.4 Å². The lowest BCUT2D eigenvalue weighted by atomic mass is 9.95. The quantitative estimate of drug-likeness (QED) is 0.660. The summed E-state index contributed by atoms with van der Waals surface area (Å²) in [5, 5.41) is 6.38. The average molecular weight is 444 g/mol. The molecule has 7 nitrogen and oxygen atoms in total. The normalized spacial score (nSPS) is 16.8. The number of para-hydroxylation sites is 1. The Morgan fingerprint density at radius 2 is 1.84 bits per heavy atom. The summed E-state index contributed by atoms with van der Waals surface area (Å²) < 4.78 is 4.78. The molecule has 31 heavy (non-hydrogen) atoms. The molecule has 2 N–H and O–H groups in total. The lowest BCUT2D eigenvalue weighted by Crippen LogP contribution is -2.47. The minimum Gasteiger partial charge on any atom is -0.469 e. The Labute approximate surface area is 186 Å². The highest BCUT2D eigenvalue weighted by Gasteiger charge is 2.30. The smallest absolute Gasteiger partial charge is 0.321 e. The number of hydrogen-bond acceptors (Lipinski definition) is 4. The summed E-state index contributed by atoms with van der Waals surface area (Å²) >= 11 is 5.96. The number of nitrogens with one attached hydrogen (secondary N) is 2. The molecular formula is C23H26ClN3O4. The van der Waals surface area contributed by atoms with Crippen LogP contribution in [-0.2, 0) is 14.3 Å². The number of amides is 3. The second kappa shape index (κ2) is 10.8. The van der Waals surface area contributed by atoms with Crippen LogP contribution in [0.4, 0.5) is 10.5 Å². The third-order valence-corrected chi connectivity index (χ3v) is 5.54. The summed E-state index contributed by atoms with van der Waals surface area (Å²) in [6.07, 6.45) is 1.41. The molecule has 1 heterocycles. The Balaban J connectivity index is 1.64. The van der Waals surface area contributed by atoms with Crippen molar-refractivity contribution in [2.45, 2.75) is 25.3 Å². The summed E-state index contributed by atoms with van der Waals surface area (Å²) in [6, 6.07) is 15.4. The number of methoxy groups -OCH3 is 1. The van der Waals surface area contributed by atoms with Gasteiger partial charge in [-0.1, -0.05) is 41.9 Å². The van der Waals surface area contributed by atoms with Crippen molar-refractivity contribution in [2.75, 3.05) is 25.5 Å². The second-order valence-electron chi connectivity index (χ2n) is 7.47. The van der Waals surface area contributed by atoms with Gasteiger partial charge in [0.15, 0.2) is 0 Å². The van der Waals surface area contributed by atoms with E-state index >= 15 is 0 Å². The zero-order valence-electron chi connectivity index (χ0n) is 17.3. The van der Waals surface area contributed by atoms with Crippen molar-refractivity contribution in [1.82, 2.24) is 10.2 Å². The van der Waals surface area contributed by atoms with Crippen LogP contribution in [0.2, 0.25) is 5.02 Å². The van der Waals surface area contributed by atoms with Crippen molar-refractivity contribution in [3.05, 3.63) is 65.2 Å². The van der Waals surface area contributed by atoms with Gasteiger partial charge in [0.05, 0.1) is 25.5 Å². The minimum absolute atomic E-state index is 0.00873. The molecule has 0 saturated carbocycles. The fraction of sp³-hybridized carbons (Fsp3) is 0.348. The summed E-state index contributed by atoms with van der Waals surface area (Å²) in [6.45, 7) is 0.904. The standard InChI is InChI=1S/C23H26ClN3O4/c1-31-21(28)14-20(16-9-11-18(24)12-10-16)26-22(29)17-6-5-13-27(15-17)23(30)25-19-7-3-2-4-8-19/h2-4,7-12,17,20H,5-6,13-15H2,1H3,(H,25,30)(H,26,29)/t17-,20+/m1/s1. The number of rotatable bonds is 6.